The Morgan fingerprint density at radius 3 is 2.30 bits per heavy atom. The van der Waals surface area contributed by atoms with Crippen molar-refractivity contribution >= 4 is 57.5 Å². The number of hydrogen-bond donors (Lipinski definition) is 0. The summed E-state index contributed by atoms with van der Waals surface area (Å²) < 4.78 is 21.0. The van der Waals surface area contributed by atoms with E-state index >= 15 is 0 Å². The lowest BCUT2D eigenvalue weighted by molar-refractivity contribution is 0.251. The van der Waals surface area contributed by atoms with Crippen LogP contribution in [0.4, 0.5) is 10.1 Å². The summed E-state index contributed by atoms with van der Waals surface area (Å²) in [6, 6.07) is 12.4. The zero-order chi connectivity index (χ0) is 19.5. The second kappa shape index (κ2) is 11.2. The fraction of sp³-hybridized carbons (Fsp3) is 0.381. The van der Waals surface area contributed by atoms with E-state index < -0.39 is 0 Å². The lowest BCUT2D eigenvalue weighted by atomic mass is 10.2. The molecule has 5 nitrogen and oxygen atoms in total. The molecular formula is C21H25BrCl2FN3O2. The fourth-order valence-corrected chi connectivity index (χ4v) is 4.08. The van der Waals surface area contributed by atoms with Gasteiger partial charge in [-0.2, -0.15) is 0 Å². The van der Waals surface area contributed by atoms with Crippen LogP contribution in [0.25, 0.3) is 11.1 Å². The quantitative estimate of drug-likeness (QED) is 0.431. The third-order valence-corrected chi connectivity index (χ3v) is 5.79. The molecule has 2 heterocycles. The van der Waals surface area contributed by atoms with Crippen LogP contribution in [0.1, 0.15) is 12.8 Å². The molecule has 0 atom stereocenters. The summed E-state index contributed by atoms with van der Waals surface area (Å²) in [6.07, 6.45) is 1.97. The van der Waals surface area contributed by atoms with E-state index in [-0.39, 0.29) is 36.4 Å². The van der Waals surface area contributed by atoms with Crippen LogP contribution in [0.5, 0.6) is 0 Å². The highest BCUT2D eigenvalue weighted by Crippen LogP contribution is 2.20. The van der Waals surface area contributed by atoms with Gasteiger partial charge in [0.1, 0.15) is 5.82 Å². The third kappa shape index (κ3) is 5.78. The summed E-state index contributed by atoms with van der Waals surface area (Å²) in [5.74, 6) is -0.486. The highest BCUT2D eigenvalue weighted by Gasteiger charge is 2.17. The average molecular weight is 521 g/mol. The monoisotopic (exact) mass is 519 g/mol. The zero-order valence-corrected chi connectivity index (χ0v) is 19.6. The van der Waals surface area contributed by atoms with E-state index in [9.17, 15) is 9.18 Å². The molecule has 0 amide bonds. The molecule has 0 unspecified atom stereocenters. The maximum Gasteiger partial charge on any atom is 0.419 e. The summed E-state index contributed by atoms with van der Waals surface area (Å²) in [5.41, 5.74) is 2.55. The van der Waals surface area contributed by atoms with Gasteiger partial charge in [-0.25, -0.2) is 9.18 Å². The number of fused-ring (bicyclic) bond motifs is 1. The minimum absolute atomic E-state index is 0. The topological polar surface area (TPSA) is 41.6 Å². The number of nitrogens with zero attached hydrogens (tertiary/aromatic N) is 3. The first-order chi connectivity index (χ1) is 13.6. The molecule has 0 aliphatic carbocycles. The van der Waals surface area contributed by atoms with Gasteiger partial charge in [0.05, 0.1) is 5.52 Å². The molecular weight excluding hydrogens is 496 g/mol. The molecule has 0 bridgehead atoms. The van der Waals surface area contributed by atoms with Crippen LogP contribution in [0, 0.1) is 5.82 Å². The van der Waals surface area contributed by atoms with Crippen molar-refractivity contribution in [2.24, 2.45) is 0 Å². The smallest absolute Gasteiger partial charge is 0.408 e. The zero-order valence-electron chi connectivity index (χ0n) is 16.4. The molecule has 30 heavy (non-hydrogen) atoms. The maximum absolute atomic E-state index is 13.1. The van der Waals surface area contributed by atoms with Gasteiger partial charge in [0.15, 0.2) is 5.58 Å². The van der Waals surface area contributed by atoms with Crippen molar-refractivity contribution in [3.63, 3.8) is 0 Å². The molecule has 1 aliphatic rings. The van der Waals surface area contributed by atoms with Crippen LogP contribution in [-0.2, 0) is 6.54 Å². The summed E-state index contributed by atoms with van der Waals surface area (Å²) in [5, 5.41) is 0. The van der Waals surface area contributed by atoms with E-state index in [0.717, 1.165) is 61.2 Å². The second-order valence-electron chi connectivity index (χ2n) is 7.14. The van der Waals surface area contributed by atoms with Crippen LogP contribution < -0.4 is 10.7 Å². The molecule has 0 spiro atoms. The van der Waals surface area contributed by atoms with Gasteiger partial charge in [-0.05, 0) is 61.9 Å². The molecule has 1 aromatic heterocycles. The molecule has 1 aliphatic heterocycles. The Hall–Kier alpha value is -1.54. The number of halogens is 4. The lowest BCUT2D eigenvalue weighted by Gasteiger charge is -2.36. The molecule has 1 fully saturated rings. The van der Waals surface area contributed by atoms with Crippen LogP contribution in [-0.4, -0.2) is 42.2 Å². The Balaban J connectivity index is 0.00000160. The number of rotatable bonds is 6. The van der Waals surface area contributed by atoms with Crippen molar-refractivity contribution in [1.82, 2.24) is 9.47 Å². The summed E-state index contributed by atoms with van der Waals surface area (Å²) >= 11 is 3.40. The number of aromatic nitrogens is 1. The van der Waals surface area contributed by atoms with Crippen molar-refractivity contribution in [2.75, 3.05) is 37.6 Å². The normalized spacial score (nSPS) is 14.4. The average Bonchev–Trinajstić information content (AvgIpc) is 3.00. The standard InChI is InChI=1S/C21H23BrFN3O2.2ClH/c22-16-3-8-19-20(15-16)28-21(27)26(19)10-2-1-9-24-11-13-25(14-12-24)18-6-4-17(23)5-7-18;;/h3-8,15H,1-2,9-14H2;2*1H. The minimum Gasteiger partial charge on any atom is -0.408 e. The van der Waals surface area contributed by atoms with E-state index in [1.165, 1.54) is 12.1 Å². The van der Waals surface area contributed by atoms with E-state index in [4.69, 9.17) is 4.42 Å². The first kappa shape index (κ1) is 24.7. The minimum atomic E-state index is -0.291. The Morgan fingerprint density at radius 1 is 0.933 bits per heavy atom. The number of piperazine rings is 1. The number of aryl methyl sites for hydroxylation is 1. The lowest BCUT2D eigenvalue weighted by Crippen LogP contribution is -2.46. The molecule has 2 aromatic carbocycles. The van der Waals surface area contributed by atoms with Crippen molar-refractivity contribution in [3.8, 4) is 0 Å². The van der Waals surface area contributed by atoms with Crippen LogP contribution >= 0.6 is 40.7 Å². The van der Waals surface area contributed by atoms with Crippen LogP contribution in [0.2, 0.25) is 0 Å². The molecule has 9 heteroatoms. The predicted molar refractivity (Wildman–Crippen MR) is 127 cm³/mol. The number of benzene rings is 2. The van der Waals surface area contributed by atoms with Gasteiger partial charge in [-0.1, -0.05) is 15.9 Å². The van der Waals surface area contributed by atoms with Gasteiger partial charge in [0.25, 0.3) is 0 Å². The van der Waals surface area contributed by atoms with E-state index in [0.29, 0.717) is 12.1 Å². The van der Waals surface area contributed by atoms with Gasteiger partial charge in [0, 0.05) is 42.9 Å². The Bertz CT molecular complexity index is 1000. The van der Waals surface area contributed by atoms with E-state index in [1.54, 1.807) is 4.57 Å². The van der Waals surface area contributed by atoms with Gasteiger partial charge < -0.3 is 9.32 Å². The molecule has 164 valence electrons. The van der Waals surface area contributed by atoms with E-state index in [2.05, 4.69) is 25.7 Å². The number of hydrogen-bond acceptors (Lipinski definition) is 4. The third-order valence-electron chi connectivity index (χ3n) is 5.30. The van der Waals surface area contributed by atoms with Crippen LogP contribution in [0.15, 0.2) is 56.1 Å². The molecule has 0 saturated carbocycles. The summed E-state index contributed by atoms with van der Waals surface area (Å²) in [7, 11) is 0. The maximum atomic E-state index is 13.1. The first-order valence-corrected chi connectivity index (χ1v) is 10.4. The van der Waals surface area contributed by atoms with Crippen molar-refractivity contribution in [3.05, 3.63) is 63.3 Å². The number of oxazole rings is 1. The Labute approximate surface area is 195 Å². The SMILES string of the molecule is Cl.Cl.O=c1oc2cc(Br)ccc2n1CCCCN1CCN(c2ccc(F)cc2)CC1. The first-order valence-electron chi connectivity index (χ1n) is 9.62. The highest BCUT2D eigenvalue weighted by atomic mass is 79.9. The Morgan fingerprint density at radius 2 is 1.60 bits per heavy atom. The van der Waals surface area contributed by atoms with Crippen molar-refractivity contribution in [2.45, 2.75) is 19.4 Å². The number of anilines is 1. The van der Waals surface area contributed by atoms with E-state index in [1.807, 2.05) is 30.3 Å². The van der Waals surface area contributed by atoms with Crippen molar-refractivity contribution < 1.29 is 8.81 Å². The van der Waals surface area contributed by atoms with Gasteiger partial charge >= 0.3 is 5.76 Å². The summed E-state index contributed by atoms with van der Waals surface area (Å²) in [6.45, 7) is 5.59. The van der Waals surface area contributed by atoms with Crippen molar-refractivity contribution in [1.29, 1.82) is 0 Å². The Kier molecular flexibility index (Phi) is 9.22. The second-order valence-corrected chi connectivity index (χ2v) is 8.06. The molecule has 0 N–H and O–H groups in total. The molecule has 0 radical (unpaired) electrons. The fourth-order valence-electron chi connectivity index (χ4n) is 3.74. The molecule has 3 aromatic rings. The summed E-state index contributed by atoms with van der Waals surface area (Å²) in [4.78, 5) is 16.8. The van der Waals surface area contributed by atoms with Gasteiger partial charge in [-0.15, -0.1) is 24.8 Å². The van der Waals surface area contributed by atoms with Gasteiger partial charge in [-0.3, -0.25) is 9.47 Å². The van der Waals surface area contributed by atoms with Gasteiger partial charge in [0.2, 0.25) is 0 Å². The highest BCUT2D eigenvalue weighted by molar-refractivity contribution is 9.10. The predicted octanol–water partition coefficient (Wildman–Crippen LogP) is 4.94. The molecule has 1 saturated heterocycles. The number of unbranched alkanes of at least 4 members (excludes halogenated alkanes) is 1. The largest absolute Gasteiger partial charge is 0.419 e. The van der Waals surface area contributed by atoms with Crippen LogP contribution in [0.3, 0.4) is 0 Å². The molecule has 4 rings (SSSR count).